The van der Waals surface area contributed by atoms with Gasteiger partial charge in [0.25, 0.3) is 0 Å². The van der Waals surface area contributed by atoms with E-state index in [4.69, 9.17) is 19.4 Å². The Balaban J connectivity index is 1.22. The molecule has 53 heavy (non-hydrogen) atoms. The van der Waals surface area contributed by atoms with Crippen LogP contribution in [0.4, 0.5) is 0 Å². The summed E-state index contributed by atoms with van der Waals surface area (Å²) in [4.78, 5) is 15.1. The molecule has 0 saturated carbocycles. The predicted molar refractivity (Wildman–Crippen MR) is 215 cm³/mol. The summed E-state index contributed by atoms with van der Waals surface area (Å²) in [5, 5.41) is 4.59. The predicted octanol–water partition coefficient (Wildman–Crippen LogP) is 12.2. The summed E-state index contributed by atoms with van der Waals surface area (Å²) in [5.41, 5.74) is 12.8. The minimum absolute atomic E-state index is 0.159. The zero-order valence-electron chi connectivity index (χ0n) is 29.2. The molecule has 5 heteroatoms. The second-order valence-corrected chi connectivity index (χ2v) is 14.4. The number of benzene rings is 7. The monoisotopic (exact) mass is 680 g/mol. The van der Waals surface area contributed by atoms with E-state index in [1.807, 2.05) is 72.8 Å². The Kier molecular flexibility index (Phi) is 6.23. The fraction of sp³-hybridized carbons (Fsp3) is 0.0625. The van der Waals surface area contributed by atoms with Gasteiger partial charge < -0.3 is 8.98 Å². The van der Waals surface area contributed by atoms with Crippen molar-refractivity contribution in [1.82, 2.24) is 19.5 Å². The molecule has 3 aromatic heterocycles. The highest BCUT2D eigenvalue weighted by atomic mass is 16.3. The van der Waals surface area contributed by atoms with Gasteiger partial charge in [-0.15, -0.1) is 0 Å². The van der Waals surface area contributed by atoms with Crippen LogP contribution in [0.15, 0.2) is 162 Å². The average molecular weight is 681 g/mol. The van der Waals surface area contributed by atoms with Gasteiger partial charge >= 0.3 is 0 Å². The molecule has 11 rings (SSSR count). The van der Waals surface area contributed by atoms with Crippen molar-refractivity contribution in [3.63, 3.8) is 0 Å². The van der Waals surface area contributed by atoms with Crippen LogP contribution in [0.2, 0.25) is 0 Å². The first-order valence-corrected chi connectivity index (χ1v) is 18.0. The number of rotatable bonds is 4. The zero-order valence-corrected chi connectivity index (χ0v) is 29.2. The molecule has 5 nitrogen and oxygen atoms in total. The van der Waals surface area contributed by atoms with Gasteiger partial charge in [0.15, 0.2) is 17.5 Å². The van der Waals surface area contributed by atoms with Gasteiger partial charge in [-0.05, 0) is 52.6 Å². The first-order valence-electron chi connectivity index (χ1n) is 18.0. The van der Waals surface area contributed by atoms with Gasteiger partial charge in [-0.25, -0.2) is 15.0 Å². The van der Waals surface area contributed by atoms with Crippen molar-refractivity contribution in [2.75, 3.05) is 0 Å². The number of hydrogen-bond donors (Lipinski definition) is 0. The van der Waals surface area contributed by atoms with Gasteiger partial charge in [0.05, 0.1) is 27.7 Å². The Bertz CT molecular complexity index is 3020. The molecule has 3 heterocycles. The number of furan rings is 1. The Morgan fingerprint density at radius 3 is 1.83 bits per heavy atom. The minimum Gasteiger partial charge on any atom is -0.455 e. The SMILES string of the molecule is CC1(C)c2ccccc2-c2ccc3c(c21)c1ccccc1n3-c1ccc(-c2nc(-c3ccccc3)nc(-c3ccccc3)n2)c2oc3ccccc3c12. The van der Waals surface area contributed by atoms with E-state index in [1.54, 1.807) is 0 Å². The number of hydrogen-bond acceptors (Lipinski definition) is 4. The van der Waals surface area contributed by atoms with Crippen LogP contribution >= 0.6 is 0 Å². The zero-order chi connectivity index (χ0) is 35.3. The number of nitrogens with zero attached hydrogens (tertiary/aromatic N) is 4. The third-order valence-corrected chi connectivity index (χ3v) is 11.0. The van der Waals surface area contributed by atoms with Crippen LogP contribution in [-0.2, 0) is 5.41 Å². The highest BCUT2D eigenvalue weighted by Crippen LogP contribution is 2.53. The smallest absolute Gasteiger partial charge is 0.167 e. The first kappa shape index (κ1) is 29.8. The number of para-hydroxylation sites is 2. The lowest BCUT2D eigenvalue weighted by molar-refractivity contribution is 0.666. The van der Waals surface area contributed by atoms with E-state index < -0.39 is 0 Å². The molecule has 0 saturated heterocycles. The molecule has 0 unspecified atom stereocenters. The molecule has 1 aliphatic carbocycles. The highest BCUT2D eigenvalue weighted by Gasteiger charge is 2.38. The second kappa shape index (κ2) is 11.1. The molecule has 0 fully saturated rings. The maximum Gasteiger partial charge on any atom is 0.167 e. The van der Waals surface area contributed by atoms with Gasteiger partial charge in [0, 0.05) is 32.7 Å². The summed E-state index contributed by atoms with van der Waals surface area (Å²) in [6, 6.07) is 55.1. The summed E-state index contributed by atoms with van der Waals surface area (Å²) in [5.74, 6) is 1.79. The van der Waals surface area contributed by atoms with Crippen molar-refractivity contribution >= 4 is 43.7 Å². The third-order valence-electron chi connectivity index (χ3n) is 11.0. The lowest BCUT2D eigenvalue weighted by Crippen LogP contribution is -2.15. The standard InChI is InChI=1S/C48H32N4O/c1-48(2)36-22-12-9-19-31(36)32-25-27-38-41(43(32)48)33-20-10-13-23-37(33)52(38)39-28-26-35(44-42(39)34-21-11-14-24-40(34)53-44)47-50-45(29-15-5-3-6-16-29)49-46(51-47)30-17-7-4-8-18-30/h3-28H,1-2H3. The number of fused-ring (bicyclic) bond motifs is 10. The van der Waals surface area contributed by atoms with Crippen molar-refractivity contribution in [1.29, 1.82) is 0 Å². The fourth-order valence-electron chi connectivity index (χ4n) is 8.69. The Morgan fingerprint density at radius 1 is 0.472 bits per heavy atom. The molecule has 0 bridgehead atoms. The summed E-state index contributed by atoms with van der Waals surface area (Å²) in [6.45, 7) is 4.73. The van der Waals surface area contributed by atoms with E-state index in [1.165, 1.54) is 38.5 Å². The maximum atomic E-state index is 6.83. The molecular formula is C48H32N4O. The van der Waals surface area contributed by atoms with E-state index in [2.05, 4.69) is 103 Å². The largest absolute Gasteiger partial charge is 0.455 e. The van der Waals surface area contributed by atoms with E-state index in [0.717, 1.165) is 49.8 Å². The summed E-state index contributed by atoms with van der Waals surface area (Å²) >= 11 is 0. The Labute approximate surface area is 305 Å². The Morgan fingerprint density at radius 2 is 1.08 bits per heavy atom. The average Bonchev–Trinajstić information content (AvgIpc) is 3.84. The summed E-state index contributed by atoms with van der Waals surface area (Å²) < 4.78 is 9.25. The van der Waals surface area contributed by atoms with Crippen LogP contribution in [0, 0.1) is 0 Å². The second-order valence-electron chi connectivity index (χ2n) is 14.4. The molecule has 0 N–H and O–H groups in total. The quantitative estimate of drug-likeness (QED) is 0.186. The van der Waals surface area contributed by atoms with Gasteiger partial charge in [-0.3, -0.25) is 0 Å². The minimum atomic E-state index is -0.159. The molecule has 0 spiro atoms. The molecular weight excluding hydrogens is 649 g/mol. The van der Waals surface area contributed by atoms with Crippen LogP contribution in [0.1, 0.15) is 25.0 Å². The lowest BCUT2D eigenvalue weighted by atomic mass is 9.80. The molecule has 10 aromatic rings. The van der Waals surface area contributed by atoms with Crippen molar-refractivity contribution in [2.45, 2.75) is 19.3 Å². The van der Waals surface area contributed by atoms with Crippen molar-refractivity contribution < 1.29 is 4.42 Å². The molecule has 0 amide bonds. The molecule has 7 aromatic carbocycles. The van der Waals surface area contributed by atoms with E-state index in [-0.39, 0.29) is 5.41 Å². The first-order chi connectivity index (χ1) is 26.1. The van der Waals surface area contributed by atoms with Crippen LogP contribution in [0.5, 0.6) is 0 Å². The van der Waals surface area contributed by atoms with E-state index in [9.17, 15) is 0 Å². The lowest BCUT2D eigenvalue weighted by Gasteiger charge is -2.22. The maximum absolute atomic E-state index is 6.83. The topological polar surface area (TPSA) is 56.7 Å². The van der Waals surface area contributed by atoms with Crippen LogP contribution in [0.25, 0.3) is 94.7 Å². The Hall–Kier alpha value is -6.85. The third kappa shape index (κ3) is 4.28. The fourth-order valence-corrected chi connectivity index (χ4v) is 8.69. The van der Waals surface area contributed by atoms with E-state index in [0.29, 0.717) is 17.5 Å². The molecule has 0 radical (unpaired) electrons. The summed E-state index contributed by atoms with van der Waals surface area (Å²) in [7, 11) is 0. The molecule has 250 valence electrons. The normalized spacial score (nSPS) is 13.2. The van der Waals surface area contributed by atoms with Crippen molar-refractivity contribution in [3.05, 3.63) is 169 Å². The van der Waals surface area contributed by atoms with Gasteiger partial charge in [-0.1, -0.05) is 141 Å². The van der Waals surface area contributed by atoms with E-state index >= 15 is 0 Å². The molecule has 0 atom stereocenters. The van der Waals surface area contributed by atoms with Gasteiger partial charge in [-0.2, -0.15) is 0 Å². The van der Waals surface area contributed by atoms with Crippen LogP contribution in [-0.4, -0.2) is 19.5 Å². The van der Waals surface area contributed by atoms with Crippen molar-refractivity contribution in [2.24, 2.45) is 0 Å². The summed E-state index contributed by atoms with van der Waals surface area (Å²) in [6.07, 6.45) is 0. The van der Waals surface area contributed by atoms with Crippen LogP contribution < -0.4 is 0 Å². The van der Waals surface area contributed by atoms with Gasteiger partial charge in [0.1, 0.15) is 11.2 Å². The highest BCUT2D eigenvalue weighted by molar-refractivity contribution is 6.18. The molecule has 0 aliphatic heterocycles. The molecule has 1 aliphatic rings. The van der Waals surface area contributed by atoms with Crippen molar-refractivity contribution in [3.8, 4) is 51.0 Å². The number of aromatic nitrogens is 4. The van der Waals surface area contributed by atoms with Crippen LogP contribution in [0.3, 0.4) is 0 Å². The van der Waals surface area contributed by atoms with Gasteiger partial charge in [0.2, 0.25) is 0 Å².